The number of rotatable bonds is 3. The highest BCUT2D eigenvalue weighted by Gasteiger charge is 1.99. The molecule has 9 heavy (non-hydrogen) atoms. The average molecular weight is 128 g/mol. The zero-order valence-corrected chi connectivity index (χ0v) is 6.01. The Kier molecular flexibility index (Phi) is 3.67. The third kappa shape index (κ3) is 2.85. The molecule has 52 valence electrons. The molecular formula is C6H12N2O. The van der Waals surface area contributed by atoms with Gasteiger partial charge in [-0.15, -0.1) is 0 Å². The Balaban J connectivity index is 3.97. The average Bonchev–Trinajstić information content (AvgIpc) is 1.82. The standard InChI is InChI=1S/C6H12N2O/c1-5(2)6(4-7)8-9-3/h4-5,7H,1-3H3/b7-4?,8-6+. The molecule has 0 aliphatic rings. The van der Waals surface area contributed by atoms with Crippen molar-refractivity contribution in [2.75, 3.05) is 7.11 Å². The van der Waals surface area contributed by atoms with Crippen LogP contribution in [0.5, 0.6) is 0 Å². The number of nitrogens with one attached hydrogen (secondary N) is 1. The second-order valence-corrected chi connectivity index (χ2v) is 2.00. The minimum atomic E-state index is 0.266. The van der Waals surface area contributed by atoms with Gasteiger partial charge in [0, 0.05) is 12.1 Å². The van der Waals surface area contributed by atoms with E-state index in [1.807, 2.05) is 13.8 Å². The fourth-order valence-electron chi connectivity index (χ4n) is 0.404. The van der Waals surface area contributed by atoms with Crippen LogP contribution in [0.3, 0.4) is 0 Å². The topological polar surface area (TPSA) is 45.4 Å². The lowest BCUT2D eigenvalue weighted by Gasteiger charge is -2.00. The van der Waals surface area contributed by atoms with E-state index in [2.05, 4.69) is 9.99 Å². The van der Waals surface area contributed by atoms with Crippen LogP contribution in [0, 0.1) is 11.3 Å². The highest BCUT2D eigenvalue weighted by Crippen LogP contribution is 1.93. The smallest absolute Gasteiger partial charge is 0.106 e. The molecule has 0 saturated heterocycles. The lowest BCUT2D eigenvalue weighted by Crippen LogP contribution is -2.08. The van der Waals surface area contributed by atoms with Gasteiger partial charge in [0.15, 0.2) is 0 Å². The van der Waals surface area contributed by atoms with Crippen LogP contribution in [0.15, 0.2) is 5.16 Å². The van der Waals surface area contributed by atoms with E-state index in [0.717, 1.165) is 0 Å². The number of oxime groups is 1. The Morgan fingerprint density at radius 3 is 2.33 bits per heavy atom. The van der Waals surface area contributed by atoms with Crippen LogP contribution in [0.25, 0.3) is 0 Å². The molecular weight excluding hydrogens is 116 g/mol. The summed E-state index contributed by atoms with van der Waals surface area (Å²) in [5.41, 5.74) is 0.664. The Labute approximate surface area is 55.2 Å². The van der Waals surface area contributed by atoms with Crippen molar-refractivity contribution >= 4 is 11.9 Å². The molecule has 1 N–H and O–H groups in total. The first-order chi connectivity index (χ1) is 4.22. The fraction of sp³-hybridized carbons (Fsp3) is 0.667. The molecule has 0 saturated carbocycles. The number of hydrogen-bond donors (Lipinski definition) is 1. The molecule has 0 amide bonds. The summed E-state index contributed by atoms with van der Waals surface area (Å²) in [6, 6.07) is 0. The van der Waals surface area contributed by atoms with Crippen molar-refractivity contribution < 1.29 is 4.84 Å². The van der Waals surface area contributed by atoms with E-state index >= 15 is 0 Å². The van der Waals surface area contributed by atoms with Gasteiger partial charge in [-0.2, -0.15) is 0 Å². The zero-order chi connectivity index (χ0) is 7.28. The molecule has 0 aliphatic heterocycles. The monoisotopic (exact) mass is 128 g/mol. The van der Waals surface area contributed by atoms with E-state index in [0.29, 0.717) is 5.71 Å². The van der Waals surface area contributed by atoms with Crippen molar-refractivity contribution in [3.05, 3.63) is 0 Å². The lowest BCUT2D eigenvalue weighted by atomic mass is 10.1. The second-order valence-electron chi connectivity index (χ2n) is 2.00. The normalized spacial score (nSPS) is 11.8. The Hall–Kier alpha value is -0.860. The Morgan fingerprint density at radius 2 is 2.22 bits per heavy atom. The van der Waals surface area contributed by atoms with Crippen LogP contribution in [0.2, 0.25) is 0 Å². The molecule has 0 unspecified atom stereocenters. The molecule has 0 aromatic carbocycles. The molecule has 0 bridgehead atoms. The summed E-state index contributed by atoms with van der Waals surface area (Å²) >= 11 is 0. The van der Waals surface area contributed by atoms with Gasteiger partial charge in [0.05, 0.1) is 5.71 Å². The molecule has 0 aliphatic carbocycles. The van der Waals surface area contributed by atoms with Crippen LogP contribution in [-0.4, -0.2) is 19.0 Å². The van der Waals surface area contributed by atoms with Crippen molar-refractivity contribution in [1.82, 2.24) is 0 Å². The second kappa shape index (κ2) is 4.06. The largest absolute Gasteiger partial charge is 0.399 e. The molecule has 0 radical (unpaired) electrons. The maximum absolute atomic E-state index is 6.86. The molecule has 0 spiro atoms. The summed E-state index contributed by atoms with van der Waals surface area (Å²) in [7, 11) is 1.48. The Bertz CT molecular complexity index is 118. The first-order valence-corrected chi connectivity index (χ1v) is 2.84. The quantitative estimate of drug-likeness (QED) is 0.452. The predicted octanol–water partition coefficient (Wildman–Crippen LogP) is 1.29. The van der Waals surface area contributed by atoms with Gasteiger partial charge < -0.3 is 10.2 Å². The molecule has 0 aromatic rings. The summed E-state index contributed by atoms with van der Waals surface area (Å²) in [6.45, 7) is 3.92. The summed E-state index contributed by atoms with van der Waals surface area (Å²) < 4.78 is 0. The van der Waals surface area contributed by atoms with Crippen molar-refractivity contribution in [3.8, 4) is 0 Å². The Morgan fingerprint density at radius 1 is 1.67 bits per heavy atom. The first-order valence-electron chi connectivity index (χ1n) is 2.84. The van der Waals surface area contributed by atoms with Gasteiger partial charge in [-0.05, 0) is 0 Å². The minimum Gasteiger partial charge on any atom is -0.399 e. The van der Waals surface area contributed by atoms with E-state index < -0.39 is 0 Å². The fourth-order valence-corrected chi connectivity index (χ4v) is 0.404. The zero-order valence-electron chi connectivity index (χ0n) is 6.01. The molecule has 0 fully saturated rings. The summed E-state index contributed by atoms with van der Waals surface area (Å²) in [5, 5.41) is 10.5. The third-order valence-corrected chi connectivity index (χ3v) is 0.936. The molecule has 3 nitrogen and oxygen atoms in total. The van der Waals surface area contributed by atoms with E-state index in [9.17, 15) is 0 Å². The number of nitrogens with zero attached hydrogens (tertiary/aromatic N) is 1. The van der Waals surface area contributed by atoms with Crippen molar-refractivity contribution in [3.63, 3.8) is 0 Å². The van der Waals surface area contributed by atoms with Gasteiger partial charge in [0.2, 0.25) is 0 Å². The van der Waals surface area contributed by atoms with Gasteiger partial charge in [-0.1, -0.05) is 19.0 Å². The predicted molar refractivity (Wildman–Crippen MR) is 38.1 cm³/mol. The molecule has 0 aromatic heterocycles. The van der Waals surface area contributed by atoms with Crippen LogP contribution < -0.4 is 0 Å². The van der Waals surface area contributed by atoms with E-state index in [-0.39, 0.29) is 5.92 Å². The van der Waals surface area contributed by atoms with Crippen molar-refractivity contribution in [2.45, 2.75) is 13.8 Å². The molecule has 0 atom stereocenters. The van der Waals surface area contributed by atoms with Gasteiger partial charge >= 0.3 is 0 Å². The highest BCUT2D eigenvalue weighted by molar-refractivity contribution is 6.29. The van der Waals surface area contributed by atoms with Crippen LogP contribution >= 0.6 is 0 Å². The first kappa shape index (κ1) is 8.14. The summed E-state index contributed by atoms with van der Waals surface area (Å²) in [4.78, 5) is 4.49. The lowest BCUT2D eigenvalue weighted by molar-refractivity contribution is 0.212. The van der Waals surface area contributed by atoms with Gasteiger partial charge in [0.25, 0.3) is 0 Å². The van der Waals surface area contributed by atoms with E-state index in [4.69, 9.17) is 5.41 Å². The summed E-state index contributed by atoms with van der Waals surface area (Å²) in [5.74, 6) is 0.266. The maximum atomic E-state index is 6.86. The van der Waals surface area contributed by atoms with Crippen LogP contribution in [0.1, 0.15) is 13.8 Å². The third-order valence-electron chi connectivity index (χ3n) is 0.936. The molecule has 3 heteroatoms. The van der Waals surface area contributed by atoms with Crippen molar-refractivity contribution in [1.29, 1.82) is 5.41 Å². The summed E-state index contributed by atoms with van der Waals surface area (Å²) in [6.07, 6.45) is 1.20. The van der Waals surface area contributed by atoms with Crippen molar-refractivity contribution in [2.24, 2.45) is 11.1 Å². The van der Waals surface area contributed by atoms with Gasteiger partial charge in [-0.3, -0.25) is 0 Å². The van der Waals surface area contributed by atoms with Gasteiger partial charge in [0.1, 0.15) is 7.11 Å². The number of hydrogen-bond acceptors (Lipinski definition) is 3. The highest BCUT2D eigenvalue weighted by atomic mass is 16.6. The minimum absolute atomic E-state index is 0.266. The molecule has 0 rings (SSSR count). The van der Waals surface area contributed by atoms with E-state index in [1.165, 1.54) is 13.3 Å². The maximum Gasteiger partial charge on any atom is 0.106 e. The van der Waals surface area contributed by atoms with Crippen LogP contribution in [-0.2, 0) is 4.84 Å². The van der Waals surface area contributed by atoms with Gasteiger partial charge in [-0.25, -0.2) is 0 Å². The van der Waals surface area contributed by atoms with Crippen LogP contribution in [0.4, 0.5) is 0 Å². The SMILES string of the molecule is CO/N=C(\C=N)C(C)C. The van der Waals surface area contributed by atoms with E-state index in [1.54, 1.807) is 0 Å². The molecule has 0 heterocycles.